The average Bonchev–Trinajstić information content (AvgIpc) is 2.65. The lowest BCUT2D eigenvalue weighted by atomic mass is 10.1. The lowest BCUT2D eigenvalue weighted by Crippen LogP contribution is -2.42. The second kappa shape index (κ2) is 5.86. The Bertz CT molecular complexity index is 193. The van der Waals surface area contributed by atoms with Gasteiger partial charge >= 0.3 is 0 Å². The minimum atomic E-state index is 0.241. The maximum absolute atomic E-state index is 12.0. The lowest BCUT2D eigenvalue weighted by molar-refractivity contribution is -0.136. The summed E-state index contributed by atoms with van der Waals surface area (Å²) in [6.07, 6.45) is 1.04. The molecular weight excluding hydrogens is 218 g/mol. The summed E-state index contributed by atoms with van der Waals surface area (Å²) in [6, 6.07) is 0.270. The van der Waals surface area contributed by atoms with Crippen LogP contribution in [0.4, 0.5) is 0 Å². The first-order valence-electron chi connectivity index (χ1n) is 5.11. The summed E-state index contributed by atoms with van der Waals surface area (Å²) in [6.45, 7) is 4.78. The van der Waals surface area contributed by atoms with Gasteiger partial charge in [-0.2, -0.15) is 11.8 Å². The van der Waals surface area contributed by atoms with Crippen molar-refractivity contribution in [2.45, 2.75) is 26.3 Å². The summed E-state index contributed by atoms with van der Waals surface area (Å²) in [4.78, 5) is 13.9. The molecule has 2 nitrogen and oxygen atoms in total. The van der Waals surface area contributed by atoms with Crippen LogP contribution >= 0.6 is 23.4 Å². The number of hydrogen-bond acceptors (Lipinski definition) is 2. The number of alkyl halides is 1. The summed E-state index contributed by atoms with van der Waals surface area (Å²) in [5, 5.41) is 0. The van der Waals surface area contributed by atoms with E-state index in [1.54, 1.807) is 0 Å². The minimum Gasteiger partial charge on any atom is -0.339 e. The summed E-state index contributed by atoms with van der Waals surface area (Å²) in [5.74, 6) is 3.19. The molecule has 1 fully saturated rings. The third kappa shape index (κ3) is 3.06. The fraction of sp³-hybridized carbons (Fsp3) is 0.900. The zero-order chi connectivity index (χ0) is 10.6. The number of amides is 1. The van der Waals surface area contributed by atoms with Crippen LogP contribution < -0.4 is 0 Å². The van der Waals surface area contributed by atoms with Crippen LogP contribution in [0.1, 0.15) is 20.3 Å². The van der Waals surface area contributed by atoms with Gasteiger partial charge in [-0.1, -0.05) is 0 Å². The summed E-state index contributed by atoms with van der Waals surface area (Å²) in [5.41, 5.74) is 0. The van der Waals surface area contributed by atoms with Crippen LogP contribution in [0.15, 0.2) is 0 Å². The first-order valence-corrected chi connectivity index (χ1v) is 6.80. The molecule has 1 saturated heterocycles. The highest BCUT2D eigenvalue weighted by Gasteiger charge is 2.28. The minimum absolute atomic E-state index is 0.241. The van der Waals surface area contributed by atoms with E-state index in [0.29, 0.717) is 18.3 Å². The van der Waals surface area contributed by atoms with E-state index in [2.05, 4.69) is 0 Å². The fourth-order valence-electron chi connectivity index (χ4n) is 1.68. The van der Waals surface area contributed by atoms with Gasteiger partial charge in [-0.25, -0.2) is 0 Å². The number of thioether (sulfide) groups is 1. The monoisotopic (exact) mass is 235 g/mol. The average molecular weight is 236 g/mol. The fourth-order valence-corrected chi connectivity index (χ4v) is 3.07. The highest BCUT2D eigenvalue weighted by molar-refractivity contribution is 7.99. The first kappa shape index (κ1) is 12.2. The number of carbonyl (C=O) groups is 1. The molecule has 14 heavy (non-hydrogen) atoms. The standard InChI is InChI=1S/C10H18ClNOS/c1-8(2)12(5-4-11)10(13)9-3-6-14-7-9/h8-9H,3-7H2,1-2H3. The molecule has 0 aromatic rings. The number of rotatable bonds is 4. The molecule has 0 aromatic carbocycles. The van der Waals surface area contributed by atoms with Crippen LogP contribution in [0.3, 0.4) is 0 Å². The molecule has 1 aliphatic heterocycles. The van der Waals surface area contributed by atoms with Crippen molar-refractivity contribution in [2.24, 2.45) is 5.92 Å². The van der Waals surface area contributed by atoms with Crippen molar-refractivity contribution < 1.29 is 4.79 Å². The normalized spacial score (nSPS) is 21.6. The Morgan fingerprint density at radius 3 is 2.79 bits per heavy atom. The Hall–Kier alpha value is 0.110. The van der Waals surface area contributed by atoms with Crippen molar-refractivity contribution in [3.05, 3.63) is 0 Å². The van der Waals surface area contributed by atoms with E-state index < -0.39 is 0 Å². The Kier molecular flexibility index (Phi) is 5.10. The predicted molar refractivity (Wildman–Crippen MR) is 63.0 cm³/mol. The van der Waals surface area contributed by atoms with Crippen LogP contribution in [0, 0.1) is 5.92 Å². The van der Waals surface area contributed by atoms with Crippen LogP contribution in [-0.4, -0.2) is 40.8 Å². The molecule has 1 unspecified atom stereocenters. The van der Waals surface area contributed by atoms with E-state index >= 15 is 0 Å². The van der Waals surface area contributed by atoms with Crippen LogP contribution in [0.5, 0.6) is 0 Å². The Morgan fingerprint density at radius 1 is 1.64 bits per heavy atom. The topological polar surface area (TPSA) is 20.3 Å². The third-order valence-electron chi connectivity index (χ3n) is 2.51. The van der Waals surface area contributed by atoms with Gasteiger partial charge in [0, 0.05) is 30.1 Å². The highest BCUT2D eigenvalue weighted by atomic mass is 35.5. The summed E-state index contributed by atoms with van der Waals surface area (Å²) < 4.78 is 0. The number of carbonyl (C=O) groups excluding carboxylic acids is 1. The predicted octanol–water partition coefficient (Wildman–Crippen LogP) is 2.22. The molecule has 1 rings (SSSR count). The molecule has 0 saturated carbocycles. The molecule has 82 valence electrons. The smallest absolute Gasteiger partial charge is 0.226 e. The molecule has 0 radical (unpaired) electrons. The van der Waals surface area contributed by atoms with E-state index in [0.717, 1.165) is 17.9 Å². The van der Waals surface area contributed by atoms with Crippen LogP contribution in [-0.2, 0) is 4.79 Å². The maximum atomic E-state index is 12.0. The summed E-state index contributed by atoms with van der Waals surface area (Å²) in [7, 11) is 0. The van der Waals surface area contributed by atoms with Gasteiger partial charge in [-0.05, 0) is 26.0 Å². The molecular formula is C10H18ClNOS. The Morgan fingerprint density at radius 2 is 2.36 bits per heavy atom. The quantitative estimate of drug-likeness (QED) is 0.697. The molecule has 0 spiro atoms. The molecule has 1 atom stereocenters. The van der Waals surface area contributed by atoms with Gasteiger partial charge in [0.2, 0.25) is 5.91 Å². The Labute approximate surface area is 95.4 Å². The van der Waals surface area contributed by atoms with Gasteiger partial charge in [0.05, 0.1) is 0 Å². The molecule has 0 aromatic heterocycles. The molecule has 1 aliphatic rings. The van der Waals surface area contributed by atoms with Gasteiger partial charge in [-0.3, -0.25) is 4.79 Å². The van der Waals surface area contributed by atoms with Gasteiger partial charge in [-0.15, -0.1) is 11.6 Å². The number of hydrogen-bond donors (Lipinski definition) is 0. The van der Waals surface area contributed by atoms with Crippen LogP contribution in [0.2, 0.25) is 0 Å². The largest absolute Gasteiger partial charge is 0.339 e. The molecule has 0 aliphatic carbocycles. The second-order valence-corrected chi connectivity index (χ2v) is 5.40. The van der Waals surface area contributed by atoms with Crippen molar-refractivity contribution in [3.63, 3.8) is 0 Å². The van der Waals surface area contributed by atoms with Crippen LogP contribution in [0.25, 0.3) is 0 Å². The molecule has 0 bridgehead atoms. The maximum Gasteiger partial charge on any atom is 0.226 e. The SMILES string of the molecule is CC(C)N(CCCl)C(=O)C1CCSC1. The van der Waals surface area contributed by atoms with Gasteiger partial charge in [0.1, 0.15) is 0 Å². The zero-order valence-corrected chi connectivity index (χ0v) is 10.4. The first-order chi connectivity index (χ1) is 6.66. The van der Waals surface area contributed by atoms with E-state index in [1.807, 2.05) is 30.5 Å². The molecule has 4 heteroatoms. The zero-order valence-electron chi connectivity index (χ0n) is 8.83. The van der Waals surface area contributed by atoms with Gasteiger partial charge < -0.3 is 4.90 Å². The van der Waals surface area contributed by atoms with Crippen molar-refractivity contribution in [2.75, 3.05) is 23.9 Å². The van der Waals surface area contributed by atoms with E-state index in [1.165, 1.54) is 0 Å². The number of nitrogens with zero attached hydrogens (tertiary/aromatic N) is 1. The van der Waals surface area contributed by atoms with Crippen molar-refractivity contribution >= 4 is 29.3 Å². The third-order valence-corrected chi connectivity index (χ3v) is 3.84. The van der Waals surface area contributed by atoms with E-state index in [9.17, 15) is 4.79 Å². The molecule has 1 amide bonds. The lowest BCUT2D eigenvalue weighted by Gasteiger charge is -2.28. The number of halogens is 1. The highest BCUT2D eigenvalue weighted by Crippen LogP contribution is 2.25. The second-order valence-electron chi connectivity index (χ2n) is 3.87. The van der Waals surface area contributed by atoms with E-state index in [4.69, 9.17) is 11.6 Å². The molecule has 0 N–H and O–H groups in total. The van der Waals surface area contributed by atoms with Crippen molar-refractivity contribution in [1.82, 2.24) is 4.90 Å². The summed E-state index contributed by atoms with van der Waals surface area (Å²) >= 11 is 7.57. The Balaban J connectivity index is 2.53. The van der Waals surface area contributed by atoms with Gasteiger partial charge in [0.25, 0.3) is 0 Å². The van der Waals surface area contributed by atoms with Gasteiger partial charge in [0.15, 0.2) is 0 Å². The molecule has 1 heterocycles. The van der Waals surface area contributed by atoms with Crippen molar-refractivity contribution in [3.8, 4) is 0 Å². The van der Waals surface area contributed by atoms with E-state index in [-0.39, 0.29) is 12.0 Å². The van der Waals surface area contributed by atoms with Crippen molar-refractivity contribution in [1.29, 1.82) is 0 Å².